The quantitative estimate of drug-likeness (QED) is 0.594. The third-order valence-corrected chi connectivity index (χ3v) is 6.36. The Hall–Kier alpha value is -3.75. The topological polar surface area (TPSA) is 89.9 Å². The predicted molar refractivity (Wildman–Crippen MR) is 115 cm³/mol. The molecule has 3 aromatic rings. The second-order valence-electron chi connectivity index (χ2n) is 8.44. The fourth-order valence-electron chi connectivity index (χ4n) is 4.58. The van der Waals surface area contributed by atoms with Crippen molar-refractivity contribution in [2.45, 2.75) is 31.3 Å². The number of halogens is 2. The summed E-state index contributed by atoms with van der Waals surface area (Å²) in [4.78, 5) is 20.7. The first-order valence-electron chi connectivity index (χ1n) is 10.6. The van der Waals surface area contributed by atoms with Gasteiger partial charge < -0.3 is 10.1 Å². The van der Waals surface area contributed by atoms with Crippen molar-refractivity contribution in [1.29, 1.82) is 0 Å². The van der Waals surface area contributed by atoms with Crippen LogP contribution in [0.15, 0.2) is 48.8 Å². The summed E-state index contributed by atoms with van der Waals surface area (Å²) in [5.41, 5.74) is 0.826. The standard InChI is InChI=1S/C24H21F2N5O2/c1-12(2)24(33-23-20(22(32)27-3)28-7-8-29-23)11-13-9-14(13)15-10-18(30-31-21(15)24)19-16(25)5-4-6-17(19)26/h4-8,10,13-14H,1,9,11H2,2-3H3,(H,27,32)/t13?,14-,24+/m0/s1. The molecule has 1 aromatic carbocycles. The number of nitrogens with one attached hydrogen (secondary N) is 1. The lowest BCUT2D eigenvalue weighted by Crippen LogP contribution is -2.40. The highest BCUT2D eigenvalue weighted by molar-refractivity contribution is 5.94. The number of benzene rings is 1. The Morgan fingerprint density at radius 2 is 1.94 bits per heavy atom. The van der Waals surface area contributed by atoms with E-state index in [1.165, 1.54) is 37.6 Å². The van der Waals surface area contributed by atoms with Crippen molar-refractivity contribution in [3.05, 3.63) is 77.4 Å². The Labute approximate surface area is 188 Å². The second kappa shape index (κ2) is 7.68. The number of hydrogen-bond donors (Lipinski definition) is 1. The normalized spacial score (nSPS) is 22.7. The van der Waals surface area contributed by atoms with Crippen LogP contribution in [0.25, 0.3) is 11.3 Å². The molecular weight excluding hydrogens is 428 g/mol. The van der Waals surface area contributed by atoms with Crippen LogP contribution in [0.4, 0.5) is 8.78 Å². The largest absolute Gasteiger partial charge is 0.458 e. The summed E-state index contributed by atoms with van der Waals surface area (Å²) < 4.78 is 35.2. The Balaban J connectivity index is 1.64. The number of carbonyl (C=O) groups excluding carboxylic acids is 1. The first kappa shape index (κ1) is 21.1. The monoisotopic (exact) mass is 449 g/mol. The van der Waals surface area contributed by atoms with Crippen LogP contribution in [0, 0.1) is 17.6 Å². The number of aromatic nitrogens is 4. The van der Waals surface area contributed by atoms with Crippen LogP contribution in [-0.2, 0) is 5.60 Å². The molecule has 0 bridgehead atoms. The first-order chi connectivity index (χ1) is 15.9. The highest BCUT2D eigenvalue weighted by Gasteiger charge is 2.56. The van der Waals surface area contributed by atoms with Crippen molar-refractivity contribution in [1.82, 2.24) is 25.5 Å². The molecule has 0 aliphatic heterocycles. The van der Waals surface area contributed by atoms with Gasteiger partial charge in [0.05, 0.1) is 11.3 Å². The van der Waals surface area contributed by atoms with Crippen molar-refractivity contribution in [3.8, 4) is 17.1 Å². The van der Waals surface area contributed by atoms with Gasteiger partial charge in [0.15, 0.2) is 11.3 Å². The average Bonchev–Trinajstić information content (AvgIpc) is 3.58. The van der Waals surface area contributed by atoms with Crippen molar-refractivity contribution in [2.24, 2.45) is 5.92 Å². The summed E-state index contributed by atoms with van der Waals surface area (Å²) in [7, 11) is 1.49. The van der Waals surface area contributed by atoms with Gasteiger partial charge in [0.1, 0.15) is 17.3 Å². The lowest BCUT2D eigenvalue weighted by atomic mass is 9.78. The van der Waals surface area contributed by atoms with Crippen LogP contribution in [0.1, 0.15) is 47.4 Å². The maximum absolute atomic E-state index is 14.4. The number of carbonyl (C=O) groups is 1. The van der Waals surface area contributed by atoms with E-state index in [9.17, 15) is 13.6 Å². The number of rotatable bonds is 5. The number of amides is 1. The SMILES string of the molecule is C=C(C)[C@]1(Oc2nccnc2C(=O)NC)CC2C[C@@H]2c2cc(-c3c(F)cccc3F)nnc21. The fourth-order valence-corrected chi connectivity index (χ4v) is 4.58. The summed E-state index contributed by atoms with van der Waals surface area (Å²) in [6, 6.07) is 5.37. The fraction of sp³-hybridized carbons (Fsp3) is 0.292. The minimum atomic E-state index is -1.11. The van der Waals surface area contributed by atoms with E-state index in [1.807, 2.05) is 6.92 Å². The van der Waals surface area contributed by atoms with Crippen molar-refractivity contribution in [3.63, 3.8) is 0 Å². The molecule has 168 valence electrons. The minimum absolute atomic E-state index is 0.0399. The van der Waals surface area contributed by atoms with Gasteiger partial charge in [-0.05, 0) is 54.5 Å². The molecule has 3 atom stereocenters. The van der Waals surface area contributed by atoms with Gasteiger partial charge in [-0.15, -0.1) is 5.10 Å². The van der Waals surface area contributed by atoms with E-state index in [2.05, 4.69) is 32.1 Å². The van der Waals surface area contributed by atoms with Gasteiger partial charge >= 0.3 is 0 Å². The van der Waals surface area contributed by atoms with Crippen LogP contribution in [-0.4, -0.2) is 33.1 Å². The van der Waals surface area contributed by atoms with Crippen LogP contribution < -0.4 is 10.1 Å². The summed E-state index contributed by atoms with van der Waals surface area (Å²) in [5, 5.41) is 11.1. The second-order valence-corrected chi connectivity index (χ2v) is 8.44. The molecule has 0 radical (unpaired) electrons. The third kappa shape index (κ3) is 3.35. The molecule has 2 aromatic heterocycles. The highest BCUT2D eigenvalue weighted by atomic mass is 19.1. The maximum Gasteiger partial charge on any atom is 0.275 e. The summed E-state index contributed by atoms with van der Waals surface area (Å²) >= 11 is 0. The van der Waals surface area contributed by atoms with Gasteiger partial charge in [0.2, 0.25) is 5.88 Å². The number of ether oxygens (including phenoxy) is 1. The minimum Gasteiger partial charge on any atom is -0.458 e. The van der Waals surface area contributed by atoms with Crippen LogP contribution in [0.2, 0.25) is 0 Å². The van der Waals surface area contributed by atoms with Gasteiger partial charge in [-0.1, -0.05) is 12.6 Å². The van der Waals surface area contributed by atoms with E-state index >= 15 is 0 Å². The zero-order valence-electron chi connectivity index (χ0n) is 18.1. The summed E-state index contributed by atoms with van der Waals surface area (Å²) in [6.07, 6.45) is 4.31. The van der Waals surface area contributed by atoms with Gasteiger partial charge in [0, 0.05) is 25.9 Å². The Morgan fingerprint density at radius 1 is 1.21 bits per heavy atom. The molecule has 2 aliphatic rings. The van der Waals surface area contributed by atoms with E-state index in [4.69, 9.17) is 4.74 Å². The molecule has 1 saturated carbocycles. The predicted octanol–water partition coefficient (Wildman–Crippen LogP) is 3.93. The molecule has 9 heteroatoms. The van der Waals surface area contributed by atoms with E-state index < -0.39 is 23.1 Å². The molecule has 0 spiro atoms. The molecule has 0 saturated heterocycles. The molecule has 1 N–H and O–H groups in total. The summed E-state index contributed by atoms with van der Waals surface area (Å²) in [5.74, 6) is -1.32. The van der Waals surface area contributed by atoms with Gasteiger partial charge in [-0.25, -0.2) is 18.7 Å². The molecule has 1 amide bonds. The van der Waals surface area contributed by atoms with Crippen LogP contribution in [0.3, 0.4) is 0 Å². The van der Waals surface area contributed by atoms with Gasteiger partial charge in [-0.2, -0.15) is 5.10 Å². The molecule has 5 rings (SSSR count). The molecule has 1 fully saturated rings. The molecule has 7 nitrogen and oxygen atoms in total. The molecular formula is C24H21F2N5O2. The average molecular weight is 449 g/mol. The molecule has 1 unspecified atom stereocenters. The van der Waals surface area contributed by atoms with Crippen LogP contribution in [0.5, 0.6) is 5.88 Å². The number of hydrogen-bond acceptors (Lipinski definition) is 6. The lowest BCUT2D eigenvalue weighted by molar-refractivity contribution is 0.0676. The molecule has 2 heterocycles. The highest BCUT2D eigenvalue weighted by Crippen LogP contribution is 2.61. The molecule has 2 aliphatic carbocycles. The first-order valence-corrected chi connectivity index (χ1v) is 10.6. The Kier molecular flexibility index (Phi) is 4.92. The van der Waals surface area contributed by atoms with E-state index in [0.717, 1.165) is 12.0 Å². The molecule has 33 heavy (non-hydrogen) atoms. The smallest absolute Gasteiger partial charge is 0.275 e. The number of fused-ring (bicyclic) bond motifs is 3. The van der Waals surface area contributed by atoms with Crippen LogP contribution >= 0.6 is 0 Å². The van der Waals surface area contributed by atoms with Gasteiger partial charge in [-0.3, -0.25) is 4.79 Å². The Morgan fingerprint density at radius 3 is 2.64 bits per heavy atom. The van der Waals surface area contributed by atoms with Crippen molar-refractivity contribution >= 4 is 5.91 Å². The van der Waals surface area contributed by atoms with Crippen molar-refractivity contribution in [2.75, 3.05) is 7.05 Å². The van der Waals surface area contributed by atoms with E-state index in [0.29, 0.717) is 17.7 Å². The third-order valence-electron chi connectivity index (χ3n) is 6.36. The lowest BCUT2D eigenvalue weighted by Gasteiger charge is -2.38. The van der Waals surface area contributed by atoms with E-state index in [1.54, 1.807) is 6.07 Å². The van der Waals surface area contributed by atoms with Gasteiger partial charge in [0.25, 0.3) is 5.91 Å². The zero-order chi connectivity index (χ0) is 23.3. The van der Waals surface area contributed by atoms with E-state index in [-0.39, 0.29) is 34.7 Å². The number of nitrogens with zero attached hydrogens (tertiary/aromatic N) is 4. The zero-order valence-corrected chi connectivity index (χ0v) is 18.1. The summed E-state index contributed by atoms with van der Waals surface area (Å²) in [6.45, 7) is 5.95. The van der Waals surface area contributed by atoms with Crippen molar-refractivity contribution < 1.29 is 18.3 Å². The maximum atomic E-state index is 14.4. The Bertz CT molecular complexity index is 1280.